The van der Waals surface area contributed by atoms with E-state index in [9.17, 15) is 9.59 Å². The van der Waals surface area contributed by atoms with Crippen LogP contribution < -0.4 is 10.6 Å². The van der Waals surface area contributed by atoms with Crippen LogP contribution in [0.4, 0.5) is 10.5 Å². The van der Waals surface area contributed by atoms with E-state index in [0.29, 0.717) is 11.3 Å². The number of hydrogen-bond donors (Lipinski definition) is 3. The van der Waals surface area contributed by atoms with E-state index in [4.69, 9.17) is 22.0 Å². The molecule has 0 fully saturated rings. The molecule has 0 aliphatic heterocycles. The average molecular weight is 298 g/mol. The summed E-state index contributed by atoms with van der Waals surface area (Å²) in [5.41, 5.74) is 0.679. The Bertz CT molecular complexity index is 556. The van der Waals surface area contributed by atoms with E-state index in [2.05, 4.69) is 15.4 Å². The Balaban J connectivity index is 2.57. The standard InChI is InChI=1S/C12H12ClN3O4/c1-20-10(11(17)18)6-15-12(19)16-8-3-2-7(5-14)9(13)4-8/h2-4,10H,6H2,1H3,(H,17,18)(H2,15,16,19). The molecule has 7 nitrogen and oxygen atoms in total. The molecule has 1 atom stereocenters. The molecule has 1 aromatic rings. The largest absolute Gasteiger partial charge is 0.479 e. The number of carboxylic acids is 1. The van der Waals surface area contributed by atoms with Crippen LogP contribution in [0.3, 0.4) is 0 Å². The number of ether oxygens (including phenoxy) is 1. The van der Waals surface area contributed by atoms with Gasteiger partial charge in [0, 0.05) is 12.8 Å². The lowest BCUT2D eigenvalue weighted by Gasteiger charge is -2.12. The Morgan fingerprint density at radius 2 is 2.25 bits per heavy atom. The average Bonchev–Trinajstić information content (AvgIpc) is 2.39. The number of halogens is 1. The van der Waals surface area contributed by atoms with Crippen LogP contribution in [0, 0.1) is 11.3 Å². The number of nitrogens with one attached hydrogen (secondary N) is 2. The second kappa shape index (κ2) is 7.33. The summed E-state index contributed by atoms with van der Waals surface area (Å²) in [6.07, 6.45) is -1.12. The van der Waals surface area contributed by atoms with E-state index >= 15 is 0 Å². The van der Waals surface area contributed by atoms with Crippen LogP contribution in [0.1, 0.15) is 5.56 Å². The second-order valence-electron chi connectivity index (χ2n) is 3.70. The van der Waals surface area contributed by atoms with E-state index in [1.807, 2.05) is 6.07 Å². The third kappa shape index (κ3) is 4.42. The zero-order valence-electron chi connectivity index (χ0n) is 10.5. The number of nitrogens with zero attached hydrogens (tertiary/aromatic N) is 1. The van der Waals surface area contributed by atoms with Crippen molar-refractivity contribution in [3.63, 3.8) is 0 Å². The van der Waals surface area contributed by atoms with Crippen LogP contribution in [0.2, 0.25) is 5.02 Å². The van der Waals surface area contributed by atoms with Crippen molar-refractivity contribution in [1.82, 2.24) is 5.32 Å². The first-order chi connectivity index (χ1) is 9.47. The normalized spacial score (nSPS) is 11.2. The molecule has 0 heterocycles. The molecule has 0 radical (unpaired) electrons. The minimum atomic E-state index is -1.17. The topological polar surface area (TPSA) is 111 Å². The summed E-state index contributed by atoms with van der Waals surface area (Å²) in [4.78, 5) is 22.2. The van der Waals surface area contributed by atoms with Gasteiger partial charge in [0.1, 0.15) is 6.07 Å². The van der Waals surface area contributed by atoms with Crippen molar-refractivity contribution in [2.45, 2.75) is 6.10 Å². The fraction of sp³-hybridized carbons (Fsp3) is 0.250. The number of amides is 2. The summed E-state index contributed by atoms with van der Waals surface area (Å²) >= 11 is 5.81. The summed E-state index contributed by atoms with van der Waals surface area (Å²) in [5, 5.41) is 22.5. The van der Waals surface area contributed by atoms with Crippen molar-refractivity contribution in [3.8, 4) is 6.07 Å². The van der Waals surface area contributed by atoms with Crippen LogP contribution >= 0.6 is 11.6 Å². The molecule has 1 rings (SSSR count). The number of rotatable bonds is 5. The third-order valence-corrected chi connectivity index (χ3v) is 2.67. The monoisotopic (exact) mass is 297 g/mol. The summed E-state index contributed by atoms with van der Waals surface area (Å²) in [6.45, 7) is -0.179. The fourth-order valence-electron chi connectivity index (χ4n) is 1.32. The summed E-state index contributed by atoms with van der Waals surface area (Å²) in [6, 6.07) is 5.69. The molecular weight excluding hydrogens is 286 g/mol. The van der Waals surface area contributed by atoms with Gasteiger partial charge in [0.05, 0.1) is 17.1 Å². The number of hydrogen-bond acceptors (Lipinski definition) is 4. The number of carbonyl (C=O) groups is 2. The summed E-state index contributed by atoms with van der Waals surface area (Å²) < 4.78 is 4.66. The number of carboxylic acid groups (broad SMARTS) is 1. The SMILES string of the molecule is COC(CNC(=O)Nc1ccc(C#N)c(Cl)c1)C(=O)O. The highest BCUT2D eigenvalue weighted by molar-refractivity contribution is 6.32. The number of urea groups is 1. The number of aliphatic carboxylic acids is 1. The van der Waals surface area contributed by atoms with Crippen LogP contribution in [0.5, 0.6) is 0 Å². The molecule has 0 saturated heterocycles. The molecule has 0 aliphatic carbocycles. The van der Waals surface area contributed by atoms with Gasteiger partial charge in [-0.2, -0.15) is 5.26 Å². The highest BCUT2D eigenvalue weighted by atomic mass is 35.5. The van der Waals surface area contributed by atoms with E-state index in [1.165, 1.54) is 25.3 Å². The number of nitriles is 1. The van der Waals surface area contributed by atoms with E-state index in [1.54, 1.807) is 0 Å². The molecule has 0 aromatic heterocycles. The molecule has 2 amide bonds. The Kier molecular flexibility index (Phi) is 5.77. The fourth-order valence-corrected chi connectivity index (χ4v) is 1.54. The van der Waals surface area contributed by atoms with Crippen molar-refractivity contribution in [3.05, 3.63) is 28.8 Å². The van der Waals surface area contributed by atoms with Gasteiger partial charge in [0.15, 0.2) is 6.10 Å². The molecule has 106 valence electrons. The molecule has 3 N–H and O–H groups in total. The molecular formula is C12H12ClN3O4. The van der Waals surface area contributed by atoms with Crippen molar-refractivity contribution in [2.24, 2.45) is 0 Å². The minimum Gasteiger partial charge on any atom is -0.479 e. The van der Waals surface area contributed by atoms with Crippen LogP contribution in [-0.2, 0) is 9.53 Å². The van der Waals surface area contributed by atoms with Crippen molar-refractivity contribution >= 4 is 29.3 Å². The zero-order valence-corrected chi connectivity index (χ0v) is 11.3. The number of benzene rings is 1. The first-order valence-corrected chi connectivity index (χ1v) is 5.85. The van der Waals surface area contributed by atoms with Gasteiger partial charge in [-0.25, -0.2) is 9.59 Å². The van der Waals surface area contributed by atoms with Gasteiger partial charge in [-0.15, -0.1) is 0 Å². The maximum atomic E-state index is 11.5. The quantitative estimate of drug-likeness (QED) is 0.761. The minimum absolute atomic E-state index is 0.179. The van der Waals surface area contributed by atoms with Crippen molar-refractivity contribution < 1.29 is 19.4 Å². The van der Waals surface area contributed by atoms with Gasteiger partial charge in [-0.1, -0.05) is 11.6 Å². The van der Waals surface area contributed by atoms with Crippen LogP contribution in [-0.4, -0.2) is 36.9 Å². The van der Waals surface area contributed by atoms with Crippen LogP contribution in [0.15, 0.2) is 18.2 Å². The highest BCUT2D eigenvalue weighted by Gasteiger charge is 2.17. The van der Waals surface area contributed by atoms with Gasteiger partial charge in [0.25, 0.3) is 0 Å². The first kappa shape index (κ1) is 15.8. The molecule has 1 unspecified atom stereocenters. The number of anilines is 1. The lowest BCUT2D eigenvalue weighted by Crippen LogP contribution is -2.39. The molecule has 1 aromatic carbocycles. The zero-order chi connectivity index (χ0) is 15.1. The molecule has 0 bridgehead atoms. The maximum absolute atomic E-state index is 11.5. The molecule has 20 heavy (non-hydrogen) atoms. The van der Waals surface area contributed by atoms with Crippen LogP contribution in [0.25, 0.3) is 0 Å². The lowest BCUT2D eigenvalue weighted by atomic mass is 10.2. The lowest BCUT2D eigenvalue weighted by molar-refractivity contribution is -0.147. The number of methoxy groups -OCH3 is 1. The smallest absolute Gasteiger partial charge is 0.334 e. The third-order valence-electron chi connectivity index (χ3n) is 2.36. The van der Waals surface area contributed by atoms with E-state index in [0.717, 1.165) is 0 Å². The van der Waals surface area contributed by atoms with Gasteiger partial charge in [-0.05, 0) is 18.2 Å². The highest BCUT2D eigenvalue weighted by Crippen LogP contribution is 2.19. The summed E-state index contributed by atoms with van der Waals surface area (Å²) in [7, 11) is 1.23. The summed E-state index contributed by atoms with van der Waals surface area (Å²) in [5.74, 6) is -1.17. The van der Waals surface area contributed by atoms with Gasteiger partial charge in [0.2, 0.25) is 0 Å². The number of carbonyl (C=O) groups excluding carboxylic acids is 1. The molecule has 0 saturated carbocycles. The van der Waals surface area contributed by atoms with Gasteiger partial charge >= 0.3 is 12.0 Å². The predicted octanol–water partition coefficient (Wildman–Crippen LogP) is 1.43. The Labute approximate surface area is 120 Å². The molecule has 8 heteroatoms. The Morgan fingerprint density at radius 1 is 1.55 bits per heavy atom. The van der Waals surface area contributed by atoms with Crippen molar-refractivity contribution in [2.75, 3.05) is 19.0 Å². The predicted molar refractivity (Wildman–Crippen MR) is 71.6 cm³/mol. The Hall–Kier alpha value is -2.30. The first-order valence-electron chi connectivity index (χ1n) is 5.48. The maximum Gasteiger partial charge on any atom is 0.334 e. The van der Waals surface area contributed by atoms with Gasteiger partial charge < -0.3 is 20.5 Å². The van der Waals surface area contributed by atoms with E-state index < -0.39 is 18.1 Å². The van der Waals surface area contributed by atoms with E-state index in [-0.39, 0.29) is 11.6 Å². The molecule has 0 spiro atoms. The Morgan fingerprint density at radius 3 is 2.75 bits per heavy atom. The second-order valence-corrected chi connectivity index (χ2v) is 4.11. The van der Waals surface area contributed by atoms with Gasteiger partial charge in [-0.3, -0.25) is 0 Å². The van der Waals surface area contributed by atoms with Crippen molar-refractivity contribution in [1.29, 1.82) is 5.26 Å². The molecule has 0 aliphatic rings.